The van der Waals surface area contributed by atoms with Crippen LogP contribution >= 0.6 is 11.3 Å². The number of hydrogen-bond acceptors (Lipinski definition) is 1. The lowest BCUT2D eigenvalue weighted by Crippen LogP contribution is -2.05. The Balaban J connectivity index is 2.10. The first-order valence-electron chi connectivity index (χ1n) is 12.4. The van der Waals surface area contributed by atoms with E-state index in [9.17, 15) is 0 Å². The molecule has 1 rings (SSSR count). The largest absolute Gasteiger partial charge is 0.152 e. The molecule has 0 radical (unpaired) electrons. The summed E-state index contributed by atoms with van der Waals surface area (Å²) in [5.74, 6) is 0.930. The predicted octanol–water partition coefficient (Wildman–Crippen LogP) is 9.97. The van der Waals surface area contributed by atoms with E-state index in [2.05, 4.69) is 30.7 Å². The van der Waals surface area contributed by atoms with Crippen LogP contribution in [0.15, 0.2) is 16.8 Å². The van der Waals surface area contributed by atoms with Crippen LogP contribution in [0.2, 0.25) is 0 Å². The summed E-state index contributed by atoms with van der Waals surface area (Å²) in [6.07, 6.45) is 27.4. The highest BCUT2D eigenvalue weighted by Crippen LogP contribution is 2.24. The average Bonchev–Trinajstić information content (AvgIpc) is 3.18. The van der Waals surface area contributed by atoms with Gasteiger partial charge < -0.3 is 0 Å². The maximum absolute atomic E-state index is 2.37. The van der Waals surface area contributed by atoms with Gasteiger partial charge >= 0.3 is 0 Å². The van der Waals surface area contributed by atoms with Gasteiger partial charge in [-0.05, 0) is 34.7 Å². The van der Waals surface area contributed by atoms with E-state index in [1.54, 1.807) is 5.56 Å². The van der Waals surface area contributed by atoms with Crippen LogP contribution in [0.25, 0.3) is 0 Å². The molecule has 0 nitrogen and oxygen atoms in total. The summed E-state index contributed by atoms with van der Waals surface area (Å²) in [6.45, 7) is 4.61. The molecule has 0 unspecified atom stereocenters. The van der Waals surface area contributed by atoms with Crippen LogP contribution in [0.4, 0.5) is 0 Å². The molecular formula is C26H48S. The molecule has 1 aromatic heterocycles. The molecule has 0 amide bonds. The van der Waals surface area contributed by atoms with Gasteiger partial charge in [0.15, 0.2) is 0 Å². The molecule has 0 atom stereocenters. The third kappa shape index (κ3) is 15.3. The Morgan fingerprint density at radius 3 is 1.48 bits per heavy atom. The summed E-state index contributed by atoms with van der Waals surface area (Å²) in [7, 11) is 0. The van der Waals surface area contributed by atoms with Crippen molar-refractivity contribution in [3.8, 4) is 0 Å². The maximum Gasteiger partial charge on any atom is -0.00612 e. The van der Waals surface area contributed by atoms with E-state index >= 15 is 0 Å². The normalized spacial score (nSPS) is 11.5. The molecule has 0 aliphatic heterocycles. The molecule has 27 heavy (non-hydrogen) atoms. The predicted molar refractivity (Wildman–Crippen MR) is 126 cm³/mol. The Morgan fingerprint density at radius 2 is 1.07 bits per heavy atom. The molecule has 0 spiro atoms. The summed E-state index contributed by atoms with van der Waals surface area (Å²) in [5, 5.41) is 4.62. The molecular weight excluding hydrogens is 344 g/mol. The topological polar surface area (TPSA) is 0 Å². The second-order valence-corrected chi connectivity index (χ2v) is 9.51. The lowest BCUT2D eigenvalue weighted by Gasteiger charge is -2.16. The molecule has 0 aliphatic carbocycles. The smallest absolute Gasteiger partial charge is 0.00612 e. The van der Waals surface area contributed by atoms with Crippen LogP contribution in [0.1, 0.15) is 135 Å². The highest BCUT2D eigenvalue weighted by Gasteiger charge is 2.10. The Labute approximate surface area is 175 Å². The van der Waals surface area contributed by atoms with Gasteiger partial charge in [0.2, 0.25) is 0 Å². The average molecular weight is 393 g/mol. The molecule has 0 N–H and O–H groups in total. The van der Waals surface area contributed by atoms with Crippen molar-refractivity contribution in [1.82, 2.24) is 0 Å². The van der Waals surface area contributed by atoms with E-state index in [4.69, 9.17) is 0 Å². The zero-order valence-electron chi connectivity index (χ0n) is 18.7. The van der Waals surface area contributed by atoms with Gasteiger partial charge in [-0.3, -0.25) is 0 Å². The van der Waals surface area contributed by atoms with Gasteiger partial charge in [0.05, 0.1) is 0 Å². The molecule has 1 heterocycles. The Morgan fingerprint density at radius 1 is 0.630 bits per heavy atom. The molecule has 0 aliphatic rings. The highest BCUT2D eigenvalue weighted by molar-refractivity contribution is 7.07. The minimum atomic E-state index is 0.930. The number of hydrogen-bond donors (Lipinski definition) is 0. The Hall–Kier alpha value is -0.300. The number of rotatable bonds is 20. The highest BCUT2D eigenvalue weighted by atomic mass is 32.1. The molecule has 0 saturated carbocycles. The van der Waals surface area contributed by atoms with Crippen molar-refractivity contribution in [2.75, 3.05) is 0 Å². The molecule has 0 fully saturated rings. The van der Waals surface area contributed by atoms with Crippen LogP contribution in [0.3, 0.4) is 0 Å². The quantitative estimate of drug-likeness (QED) is 0.194. The van der Waals surface area contributed by atoms with Gasteiger partial charge in [-0.2, -0.15) is 11.3 Å². The fourth-order valence-electron chi connectivity index (χ4n) is 4.22. The Bertz CT molecular complexity index is 361. The van der Waals surface area contributed by atoms with Gasteiger partial charge in [-0.1, -0.05) is 129 Å². The van der Waals surface area contributed by atoms with Crippen LogP contribution in [-0.4, -0.2) is 0 Å². The molecule has 158 valence electrons. The fraction of sp³-hybridized carbons (Fsp3) is 0.846. The van der Waals surface area contributed by atoms with Crippen LogP contribution in [0, 0.1) is 5.92 Å². The van der Waals surface area contributed by atoms with Gasteiger partial charge in [0.1, 0.15) is 0 Å². The summed E-state index contributed by atoms with van der Waals surface area (Å²) in [4.78, 5) is 0. The minimum absolute atomic E-state index is 0.930. The van der Waals surface area contributed by atoms with Crippen molar-refractivity contribution in [3.63, 3.8) is 0 Å². The van der Waals surface area contributed by atoms with Gasteiger partial charge in [0.25, 0.3) is 0 Å². The first-order chi connectivity index (χ1) is 13.4. The van der Waals surface area contributed by atoms with Crippen molar-refractivity contribution >= 4 is 11.3 Å². The molecule has 0 aromatic carbocycles. The standard InChI is InChI=1S/C26H48S/c1-3-5-7-9-11-13-15-17-19-25(23-26-21-22-27-24-26)20-18-16-14-12-10-8-6-4-2/h21-22,24-25H,3-20,23H2,1-2H3. The second-order valence-electron chi connectivity index (χ2n) is 8.73. The fourth-order valence-corrected chi connectivity index (χ4v) is 4.91. The lowest BCUT2D eigenvalue weighted by molar-refractivity contribution is 0.400. The van der Waals surface area contributed by atoms with E-state index in [-0.39, 0.29) is 0 Å². The third-order valence-electron chi connectivity index (χ3n) is 6.04. The van der Waals surface area contributed by atoms with Gasteiger partial charge in [-0.15, -0.1) is 0 Å². The monoisotopic (exact) mass is 392 g/mol. The van der Waals surface area contributed by atoms with Gasteiger partial charge in [0, 0.05) is 0 Å². The van der Waals surface area contributed by atoms with E-state index in [1.165, 1.54) is 122 Å². The molecule has 1 aromatic rings. The van der Waals surface area contributed by atoms with E-state index in [0.717, 1.165) is 5.92 Å². The van der Waals surface area contributed by atoms with Gasteiger partial charge in [-0.25, -0.2) is 0 Å². The second kappa shape index (κ2) is 19.0. The lowest BCUT2D eigenvalue weighted by atomic mass is 9.89. The summed E-state index contributed by atoms with van der Waals surface area (Å²) >= 11 is 1.86. The summed E-state index contributed by atoms with van der Waals surface area (Å²) in [6, 6.07) is 2.35. The van der Waals surface area contributed by atoms with E-state index in [0.29, 0.717) is 0 Å². The van der Waals surface area contributed by atoms with Crippen LogP contribution in [0.5, 0.6) is 0 Å². The van der Waals surface area contributed by atoms with Crippen molar-refractivity contribution in [1.29, 1.82) is 0 Å². The molecule has 0 bridgehead atoms. The number of unbranched alkanes of at least 4 members (excludes halogenated alkanes) is 14. The minimum Gasteiger partial charge on any atom is -0.152 e. The van der Waals surface area contributed by atoms with Crippen molar-refractivity contribution in [3.05, 3.63) is 22.4 Å². The summed E-state index contributed by atoms with van der Waals surface area (Å²) < 4.78 is 0. The van der Waals surface area contributed by atoms with E-state index in [1.807, 2.05) is 11.3 Å². The van der Waals surface area contributed by atoms with Crippen molar-refractivity contribution in [2.45, 2.75) is 136 Å². The molecule has 1 heteroatoms. The van der Waals surface area contributed by atoms with Crippen LogP contribution in [-0.2, 0) is 6.42 Å². The number of thiophene rings is 1. The molecule has 0 saturated heterocycles. The van der Waals surface area contributed by atoms with Crippen molar-refractivity contribution in [2.24, 2.45) is 5.92 Å². The maximum atomic E-state index is 2.37. The third-order valence-corrected chi connectivity index (χ3v) is 6.77. The SMILES string of the molecule is CCCCCCCCCCC(CCCCCCCCCC)Cc1ccsc1. The summed E-state index contributed by atoms with van der Waals surface area (Å²) in [5.41, 5.74) is 1.59. The van der Waals surface area contributed by atoms with E-state index < -0.39 is 0 Å². The Kier molecular flexibility index (Phi) is 17.4. The zero-order valence-corrected chi connectivity index (χ0v) is 19.5. The van der Waals surface area contributed by atoms with Crippen LogP contribution < -0.4 is 0 Å². The first kappa shape index (κ1) is 24.7. The first-order valence-corrected chi connectivity index (χ1v) is 13.3. The van der Waals surface area contributed by atoms with Crippen molar-refractivity contribution < 1.29 is 0 Å². The zero-order chi connectivity index (χ0) is 19.4.